The van der Waals surface area contributed by atoms with Crippen LogP contribution in [0.5, 0.6) is 5.75 Å². The Bertz CT molecular complexity index is 556. The molecule has 1 N–H and O–H groups in total. The Morgan fingerprint density at radius 1 is 1.44 bits per heavy atom. The standard InChI is InChI=1S/C11H10FN3O3/c12-9-3-1-2-4-10(9)18-7-8-5-15(14-13-8)6-11(16)17/h1-5H,6-7H2,(H,16,17). The van der Waals surface area contributed by atoms with Gasteiger partial charge in [0.05, 0.1) is 6.20 Å². The first-order valence-electron chi connectivity index (χ1n) is 5.13. The average molecular weight is 251 g/mol. The van der Waals surface area contributed by atoms with E-state index in [1.165, 1.54) is 23.0 Å². The van der Waals surface area contributed by atoms with Crippen molar-refractivity contribution in [3.8, 4) is 5.75 Å². The molecule has 2 aromatic rings. The third-order valence-electron chi connectivity index (χ3n) is 2.10. The van der Waals surface area contributed by atoms with Crippen LogP contribution in [0, 0.1) is 5.82 Å². The molecule has 0 atom stereocenters. The van der Waals surface area contributed by atoms with Crippen LogP contribution >= 0.6 is 0 Å². The van der Waals surface area contributed by atoms with E-state index in [1.807, 2.05) is 0 Å². The highest BCUT2D eigenvalue weighted by atomic mass is 19.1. The molecule has 2 rings (SSSR count). The smallest absolute Gasteiger partial charge is 0.325 e. The Kier molecular flexibility index (Phi) is 3.52. The quantitative estimate of drug-likeness (QED) is 0.860. The summed E-state index contributed by atoms with van der Waals surface area (Å²) < 4.78 is 19.6. The molecule has 1 heterocycles. The van der Waals surface area contributed by atoms with Gasteiger partial charge in [-0.1, -0.05) is 17.3 Å². The largest absolute Gasteiger partial charge is 0.484 e. The molecule has 0 aliphatic carbocycles. The zero-order valence-corrected chi connectivity index (χ0v) is 9.28. The van der Waals surface area contributed by atoms with Crippen LogP contribution in [0.1, 0.15) is 5.69 Å². The lowest BCUT2D eigenvalue weighted by Crippen LogP contribution is -2.09. The molecular weight excluding hydrogens is 241 g/mol. The van der Waals surface area contributed by atoms with Gasteiger partial charge in [0.1, 0.15) is 18.8 Å². The van der Waals surface area contributed by atoms with Crippen molar-refractivity contribution in [2.45, 2.75) is 13.2 Å². The van der Waals surface area contributed by atoms with Gasteiger partial charge in [0, 0.05) is 0 Å². The fraction of sp³-hybridized carbons (Fsp3) is 0.182. The predicted octanol–water partition coefficient (Wildman–Crippen LogP) is 1.08. The fourth-order valence-corrected chi connectivity index (χ4v) is 1.33. The Morgan fingerprint density at radius 3 is 2.94 bits per heavy atom. The first-order valence-corrected chi connectivity index (χ1v) is 5.13. The second-order valence-corrected chi connectivity index (χ2v) is 3.52. The van der Waals surface area contributed by atoms with Crippen LogP contribution in [0.2, 0.25) is 0 Å². The number of hydrogen-bond acceptors (Lipinski definition) is 4. The number of benzene rings is 1. The number of carboxylic acid groups (broad SMARTS) is 1. The maximum Gasteiger partial charge on any atom is 0.325 e. The Hall–Kier alpha value is -2.44. The van der Waals surface area contributed by atoms with Gasteiger partial charge in [-0.15, -0.1) is 5.10 Å². The second-order valence-electron chi connectivity index (χ2n) is 3.52. The van der Waals surface area contributed by atoms with Gasteiger partial charge in [-0.25, -0.2) is 9.07 Å². The summed E-state index contributed by atoms with van der Waals surface area (Å²) in [6.07, 6.45) is 1.44. The van der Waals surface area contributed by atoms with Crippen LogP contribution in [0.4, 0.5) is 4.39 Å². The van der Waals surface area contributed by atoms with Crippen molar-refractivity contribution in [3.05, 3.63) is 42.0 Å². The van der Waals surface area contributed by atoms with Crippen molar-refractivity contribution in [2.24, 2.45) is 0 Å². The minimum Gasteiger partial charge on any atom is -0.484 e. The number of nitrogens with zero attached hydrogens (tertiary/aromatic N) is 3. The molecule has 0 aliphatic rings. The van der Waals surface area contributed by atoms with Crippen LogP contribution in [-0.4, -0.2) is 26.1 Å². The van der Waals surface area contributed by atoms with Gasteiger partial charge in [-0.3, -0.25) is 4.79 Å². The topological polar surface area (TPSA) is 77.2 Å². The molecule has 0 aliphatic heterocycles. The molecule has 0 bridgehead atoms. The van der Waals surface area contributed by atoms with Crippen molar-refractivity contribution in [2.75, 3.05) is 0 Å². The minimum absolute atomic E-state index is 0.0283. The Morgan fingerprint density at radius 2 is 2.22 bits per heavy atom. The maximum atomic E-state index is 13.2. The zero-order chi connectivity index (χ0) is 13.0. The third-order valence-corrected chi connectivity index (χ3v) is 2.10. The van der Waals surface area contributed by atoms with E-state index in [4.69, 9.17) is 9.84 Å². The number of para-hydroxylation sites is 1. The first kappa shape index (κ1) is 12.0. The molecule has 1 aromatic heterocycles. The van der Waals surface area contributed by atoms with Crippen LogP contribution in [0.3, 0.4) is 0 Å². The fourth-order valence-electron chi connectivity index (χ4n) is 1.33. The Labute approximate surface area is 102 Å². The lowest BCUT2D eigenvalue weighted by Gasteiger charge is -2.03. The predicted molar refractivity (Wildman–Crippen MR) is 58.4 cm³/mol. The summed E-state index contributed by atoms with van der Waals surface area (Å²) >= 11 is 0. The number of hydrogen-bond donors (Lipinski definition) is 1. The summed E-state index contributed by atoms with van der Waals surface area (Å²) in [6.45, 7) is -0.243. The van der Waals surface area contributed by atoms with Gasteiger partial charge >= 0.3 is 5.97 Å². The Balaban J connectivity index is 1.96. The molecule has 0 radical (unpaired) electrons. The highest BCUT2D eigenvalue weighted by Gasteiger charge is 2.06. The molecule has 6 nitrogen and oxygen atoms in total. The SMILES string of the molecule is O=C(O)Cn1cc(COc2ccccc2F)nn1. The molecule has 0 fully saturated rings. The van der Waals surface area contributed by atoms with Gasteiger partial charge in [0.25, 0.3) is 0 Å². The van der Waals surface area contributed by atoms with Crippen molar-refractivity contribution >= 4 is 5.97 Å². The number of aliphatic carboxylic acids is 1. The van der Waals surface area contributed by atoms with Gasteiger partial charge in [0.15, 0.2) is 11.6 Å². The van der Waals surface area contributed by atoms with E-state index in [2.05, 4.69) is 10.3 Å². The number of ether oxygens (including phenoxy) is 1. The van der Waals surface area contributed by atoms with Crippen molar-refractivity contribution in [3.63, 3.8) is 0 Å². The molecule has 1 aromatic carbocycles. The third kappa shape index (κ3) is 3.03. The summed E-state index contributed by atoms with van der Waals surface area (Å²) in [4.78, 5) is 10.4. The molecule has 7 heteroatoms. The minimum atomic E-state index is -1.01. The highest BCUT2D eigenvalue weighted by Crippen LogP contribution is 2.16. The number of halogens is 1. The van der Waals surface area contributed by atoms with E-state index >= 15 is 0 Å². The first-order chi connectivity index (χ1) is 8.65. The number of aromatic nitrogens is 3. The number of carboxylic acids is 1. The zero-order valence-electron chi connectivity index (χ0n) is 9.28. The van der Waals surface area contributed by atoms with Crippen LogP contribution in [-0.2, 0) is 17.9 Å². The molecule has 0 saturated carbocycles. The van der Waals surface area contributed by atoms with Gasteiger partial charge in [-0.2, -0.15) is 0 Å². The van der Waals surface area contributed by atoms with Gasteiger partial charge < -0.3 is 9.84 Å². The number of carbonyl (C=O) groups is 1. The van der Waals surface area contributed by atoms with Crippen molar-refractivity contribution < 1.29 is 19.0 Å². The summed E-state index contributed by atoms with van der Waals surface area (Å²) in [5.41, 5.74) is 0.430. The lowest BCUT2D eigenvalue weighted by atomic mass is 10.3. The normalized spacial score (nSPS) is 10.3. The van der Waals surface area contributed by atoms with Crippen LogP contribution < -0.4 is 4.74 Å². The molecule has 0 unspecified atom stereocenters. The van der Waals surface area contributed by atoms with Crippen LogP contribution in [0.15, 0.2) is 30.5 Å². The monoisotopic (exact) mass is 251 g/mol. The number of rotatable bonds is 5. The average Bonchev–Trinajstić information content (AvgIpc) is 2.75. The molecular formula is C11H10FN3O3. The van der Waals surface area contributed by atoms with E-state index < -0.39 is 11.8 Å². The molecule has 94 valence electrons. The maximum absolute atomic E-state index is 13.2. The van der Waals surface area contributed by atoms with E-state index in [1.54, 1.807) is 12.1 Å². The lowest BCUT2D eigenvalue weighted by molar-refractivity contribution is -0.137. The van der Waals surface area contributed by atoms with E-state index in [-0.39, 0.29) is 18.9 Å². The molecule has 0 amide bonds. The van der Waals surface area contributed by atoms with E-state index in [0.717, 1.165) is 0 Å². The van der Waals surface area contributed by atoms with Crippen molar-refractivity contribution in [1.82, 2.24) is 15.0 Å². The molecule has 0 spiro atoms. The van der Waals surface area contributed by atoms with Gasteiger partial charge in [-0.05, 0) is 12.1 Å². The van der Waals surface area contributed by atoms with Crippen LogP contribution in [0.25, 0.3) is 0 Å². The highest BCUT2D eigenvalue weighted by molar-refractivity contribution is 5.66. The molecule has 18 heavy (non-hydrogen) atoms. The van der Waals surface area contributed by atoms with Crippen molar-refractivity contribution in [1.29, 1.82) is 0 Å². The second kappa shape index (κ2) is 5.26. The van der Waals surface area contributed by atoms with E-state index in [0.29, 0.717) is 5.69 Å². The summed E-state index contributed by atoms with van der Waals surface area (Å²) in [6, 6.07) is 6.00. The van der Waals surface area contributed by atoms with Gasteiger partial charge in [0.2, 0.25) is 0 Å². The summed E-state index contributed by atoms with van der Waals surface area (Å²) in [5.74, 6) is -1.36. The van der Waals surface area contributed by atoms with E-state index in [9.17, 15) is 9.18 Å². The molecule has 0 saturated heterocycles. The summed E-state index contributed by atoms with van der Waals surface area (Å²) in [7, 11) is 0. The summed E-state index contributed by atoms with van der Waals surface area (Å²) in [5, 5.41) is 15.9.